The Balaban J connectivity index is 1.22. The maximum Gasteiger partial charge on any atom is 0.322 e. The minimum absolute atomic E-state index is 0.0564. The van der Waals surface area contributed by atoms with Crippen LogP contribution in [0.15, 0.2) is 65.6 Å². The second-order valence-corrected chi connectivity index (χ2v) is 12.2. The molecular formula is C29H28N2O7S. The standard InChI is InChI=1S/C29H28N2O7S/c1-18-4-8-21(30-28(34)29(12-13-29)20-7-11-25-26(15-20)38-17-37-25)16-23(18)19-5-9-22(10-6-19)39(35,36)31-14-2-3-24(31)27(32)33/h4-11,15-16,24H,2-3,12-14,17H2,1H3,(H,30,34)(H,32,33). The molecule has 1 aliphatic carbocycles. The topological polar surface area (TPSA) is 122 Å². The molecule has 9 nitrogen and oxygen atoms in total. The highest BCUT2D eigenvalue weighted by Crippen LogP contribution is 2.51. The molecule has 1 amide bonds. The van der Waals surface area contributed by atoms with Gasteiger partial charge in [-0.25, -0.2) is 8.42 Å². The maximum absolute atomic E-state index is 13.4. The van der Waals surface area contributed by atoms with Gasteiger partial charge in [0, 0.05) is 12.2 Å². The number of aryl methyl sites for hydroxylation is 1. The summed E-state index contributed by atoms with van der Waals surface area (Å²) in [5, 5.41) is 12.5. The summed E-state index contributed by atoms with van der Waals surface area (Å²) in [5.74, 6) is 0.113. The molecule has 3 aliphatic rings. The second-order valence-electron chi connectivity index (χ2n) is 10.3. The number of fused-ring (bicyclic) bond motifs is 1. The van der Waals surface area contributed by atoms with Gasteiger partial charge in [-0.2, -0.15) is 4.31 Å². The molecule has 2 heterocycles. The van der Waals surface area contributed by atoms with Crippen molar-refractivity contribution in [3.63, 3.8) is 0 Å². The number of nitrogens with one attached hydrogen (secondary N) is 1. The van der Waals surface area contributed by atoms with Crippen molar-refractivity contribution in [1.82, 2.24) is 4.31 Å². The van der Waals surface area contributed by atoms with Crippen LogP contribution >= 0.6 is 0 Å². The van der Waals surface area contributed by atoms with Crippen molar-refractivity contribution in [2.75, 3.05) is 18.7 Å². The average molecular weight is 549 g/mol. The largest absolute Gasteiger partial charge is 0.480 e. The molecule has 39 heavy (non-hydrogen) atoms. The van der Waals surface area contributed by atoms with E-state index in [-0.39, 0.29) is 24.1 Å². The van der Waals surface area contributed by atoms with Crippen LogP contribution in [0.5, 0.6) is 11.5 Å². The van der Waals surface area contributed by atoms with Crippen LogP contribution < -0.4 is 14.8 Å². The van der Waals surface area contributed by atoms with E-state index in [0.717, 1.165) is 39.4 Å². The number of carboxylic acid groups (broad SMARTS) is 1. The summed E-state index contributed by atoms with van der Waals surface area (Å²) in [5.41, 5.74) is 3.55. The number of sulfonamides is 1. The third kappa shape index (κ3) is 4.43. The summed E-state index contributed by atoms with van der Waals surface area (Å²) in [6.45, 7) is 2.32. The van der Waals surface area contributed by atoms with E-state index in [4.69, 9.17) is 9.47 Å². The van der Waals surface area contributed by atoms with E-state index in [1.807, 2.05) is 43.3 Å². The first-order valence-corrected chi connectivity index (χ1v) is 14.3. The molecule has 0 aromatic heterocycles. The Morgan fingerprint density at radius 3 is 2.46 bits per heavy atom. The monoisotopic (exact) mass is 548 g/mol. The summed E-state index contributed by atoms with van der Waals surface area (Å²) < 4.78 is 38.2. The van der Waals surface area contributed by atoms with Gasteiger partial charge in [0.25, 0.3) is 0 Å². The number of amides is 1. The molecule has 1 unspecified atom stereocenters. The van der Waals surface area contributed by atoms with Crippen molar-refractivity contribution in [2.45, 2.75) is 49.0 Å². The van der Waals surface area contributed by atoms with Crippen molar-refractivity contribution in [2.24, 2.45) is 0 Å². The summed E-state index contributed by atoms with van der Waals surface area (Å²) >= 11 is 0. The maximum atomic E-state index is 13.4. The normalized spacial score (nSPS) is 19.6. The molecule has 1 saturated heterocycles. The fraction of sp³-hybridized carbons (Fsp3) is 0.310. The smallest absolute Gasteiger partial charge is 0.322 e. The van der Waals surface area contributed by atoms with Crippen molar-refractivity contribution in [3.05, 3.63) is 71.8 Å². The van der Waals surface area contributed by atoms with Crippen LogP contribution in [0, 0.1) is 6.92 Å². The zero-order chi connectivity index (χ0) is 27.4. The number of anilines is 1. The van der Waals surface area contributed by atoms with Gasteiger partial charge < -0.3 is 19.9 Å². The highest BCUT2D eigenvalue weighted by atomic mass is 32.2. The van der Waals surface area contributed by atoms with Crippen LogP contribution in [0.25, 0.3) is 11.1 Å². The molecule has 0 bridgehead atoms. The number of nitrogens with zero attached hydrogens (tertiary/aromatic N) is 1. The number of hydrogen-bond acceptors (Lipinski definition) is 6. The number of carbonyl (C=O) groups is 2. The van der Waals surface area contributed by atoms with Gasteiger partial charge in [-0.1, -0.05) is 24.3 Å². The molecule has 0 spiro atoms. The molecule has 10 heteroatoms. The van der Waals surface area contributed by atoms with E-state index < -0.39 is 27.4 Å². The predicted molar refractivity (Wildman–Crippen MR) is 143 cm³/mol. The first kappa shape index (κ1) is 25.4. The minimum Gasteiger partial charge on any atom is -0.480 e. The van der Waals surface area contributed by atoms with Crippen LogP contribution in [0.4, 0.5) is 5.69 Å². The van der Waals surface area contributed by atoms with Gasteiger partial charge >= 0.3 is 5.97 Å². The SMILES string of the molecule is Cc1ccc(NC(=O)C2(c3ccc4c(c3)OCO4)CC2)cc1-c1ccc(S(=O)(=O)N2CCCC2C(=O)O)cc1. The van der Waals surface area contributed by atoms with Gasteiger partial charge in [0.15, 0.2) is 11.5 Å². The lowest BCUT2D eigenvalue weighted by molar-refractivity contribution is -0.140. The van der Waals surface area contributed by atoms with E-state index in [9.17, 15) is 23.1 Å². The Morgan fingerprint density at radius 2 is 1.74 bits per heavy atom. The Bertz CT molecular complexity index is 1580. The number of aliphatic carboxylic acids is 1. The molecule has 1 atom stereocenters. The van der Waals surface area contributed by atoms with Crippen LogP contribution in [-0.4, -0.2) is 49.1 Å². The molecule has 6 rings (SSSR count). The lowest BCUT2D eigenvalue weighted by Crippen LogP contribution is -2.40. The fourth-order valence-electron chi connectivity index (χ4n) is 5.44. The Labute approximate surface area is 226 Å². The fourth-order valence-corrected chi connectivity index (χ4v) is 7.09. The van der Waals surface area contributed by atoms with Crippen molar-refractivity contribution < 1.29 is 32.6 Å². The first-order valence-electron chi connectivity index (χ1n) is 12.9. The zero-order valence-corrected chi connectivity index (χ0v) is 22.2. The van der Waals surface area contributed by atoms with Crippen LogP contribution in [0.1, 0.15) is 36.8 Å². The van der Waals surface area contributed by atoms with E-state index in [2.05, 4.69) is 5.32 Å². The predicted octanol–water partition coefficient (Wildman–Crippen LogP) is 4.30. The molecular weight excluding hydrogens is 520 g/mol. The van der Waals surface area contributed by atoms with Gasteiger partial charge in [0.05, 0.1) is 10.3 Å². The molecule has 2 aliphatic heterocycles. The number of benzene rings is 3. The third-order valence-electron chi connectivity index (χ3n) is 7.87. The highest BCUT2D eigenvalue weighted by molar-refractivity contribution is 7.89. The lowest BCUT2D eigenvalue weighted by atomic mass is 9.94. The average Bonchev–Trinajstić information content (AvgIpc) is 3.34. The number of carboxylic acids is 1. The number of hydrogen-bond donors (Lipinski definition) is 2. The summed E-state index contributed by atoms with van der Waals surface area (Å²) in [7, 11) is -3.93. The van der Waals surface area contributed by atoms with Crippen molar-refractivity contribution in [1.29, 1.82) is 0 Å². The molecule has 2 fully saturated rings. The molecule has 0 radical (unpaired) electrons. The quantitative estimate of drug-likeness (QED) is 0.451. The zero-order valence-electron chi connectivity index (χ0n) is 21.3. The summed E-state index contributed by atoms with van der Waals surface area (Å²) in [6, 6.07) is 16.7. The van der Waals surface area contributed by atoms with Crippen molar-refractivity contribution >= 4 is 27.6 Å². The van der Waals surface area contributed by atoms with E-state index in [1.54, 1.807) is 12.1 Å². The van der Waals surface area contributed by atoms with Gasteiger partial charge in [0.1, 0.15) is 6.04 Å². The highest BCUT2D eigenvalue weighted by Gasteiger charge is 2.51. The van der Waals surface area contributed by atoms with Crippen LogP contribution in [0.2, 0.25) is 0 Å². The lowest BCUT2D eigenvalue weighted by Gasteiger charge is -2.21. The van der Waals surface area contributed by atoms with E-state index in [1.165, 1.54) is 12.1 Å². The minimum atomic E-state index is -3.93. The van der Waals surface area contributed by atoms with Crippen LogP contribution in [-0.2, 0) is 25.0 Å². The Hall–Kier alpha value is -3.89. The Morgan fingerprint density at radius 1 is 1.00 bits per heavy atom. The van der Waals surface area contributed by atoms with Gasteiger partial charge in [-0.05, 0) is 91.3 Å². The molecule has 202 valence electrons. The van der Waals surface area contributed by atoms with E-state index >= 15 is 0 Å². The number of ether oxygens (including phenoxy) is 2. The van der Waals surface area contributed by atoms with Crippen LogP contribution in [0.3, 0.4) is 0 Å². The first-order chi connectivity index (χ1) is 18.7. The molecule has 1 saturated carbocycles. The summed E-state index contributed by atoms with van der Waals surface area (Å²) in [4.78, 5) is 25.0. The number of carbonyl (C=O) groups excluding carboxylic acids is 1. The van der Waals surface area contributed by atoms with Crippen molar-refractivity contribution in [3.8, 4) is 22.6 Å². The van der Waals surface area contributed by atoms with E-state index in [0.29, 0.717) is 30.0 Å². The molecule has 3 aromatic rings. The Kier molecular flexibility index (Phi) is 6.11. The third-order valence-corrected chi connectivity index (χ3v) is 9.79. The van der Waals surface area contributed by atoms with Gasteiger partial charge in [-0.15, -0.1) is 0 Å². The number of rotatable bonds is 7. The molecule has 2 N–H and O–H groups in total. The van der Waals surface area contributed by atoms with Gasteiger partial charge in [-0.3, -0.25) is 9.59 Å². The molecule has 3 aromatic carbocycles. The van der Waals surface area contributed by atoms with Gasteiger partial charge in [0.2, 0.25) is 22.7 Å². The second kappa shape index (κ2) is 9.39. The summed E-state index contributed by atoms with van der Waals surface area (Å²) in [6.07, 6.45) is 2.31.